The van der Waals surface area contributed by atoms with E-state index in [2.05, 4.69) is 15.6 Å². The lowest BCUT2D eigenvalue weighted by Gasteiger charge is -2.23. The second-order valence-electron chi connectivity index (χ2n) is 8.22. The van der Waals surface area contributed by atoms with Crippen molar-refractivity contribution < 1.29 is 23.7 Å². The van der Waals surface area contributed by atoms with Crippen LogP contribution in [0, 0.1) is 0 Å². The Balaban J connectivity index is 1.42. The molecule has 1 amide bonds. The largest absolute Gasteiger partial charge is 0.493 e. The standard InChI is InChI=1S/C27H31N3O5/c1-32-24-15-18(16-25(33-2)26(24)34-3)17-29-27(31)23-6-4-5-22(30-23)19-7-9-20(10-8-19)35-21-11-13-28-14-12-21/h4-10,15-16,21,28H,11-14,17H2,1-3H3,(H,29,31). The fourth-order valence-electron chi connectivity index (χ4n) is 4.04. The van der Waals surface area contributed by atoms with Crippen LogP contribution in [0.5, 0.6) is 23.0 Å². The summed E-state index contributed by atoms with van der Waals surface area (Å²) >= 11 is 0. The van der Waals surface area contributed by atoms with Gasteiger partial charge in [-0.2, -0.15) is 0 Å². The molecule has 8 nitrogen and oxygen atoms in total. The van der Waals surface area contributed by atoms with Gasteiger partial charge in [-0.15, -0.1) is 0 Å². The first-order valence-corrected chi connectivity index (χ1v) is 11.6. The molecule has 4 rings (SSSR count). The molecule has 1 aromatic heterocycles. The minimum absolute atomic E-state index is 0.248. The van der Waals surface area contributed by atoms with Gasteiger partial charge in [0.1, 0.15) is 17.5 Å². The number of piperidine rings is 1. The molecular weight excluding hydrogens is 446 g/mol. The van der Waals surface area contributed by atoms with E-state index in [9.17, 15) is 4.79 Å². The first-order chi connectivity index (χ1) is 17.1. The third-order valence-electron chi connectivity index (χ3n) is 5.90. The van der Waals surface area contributed by atoms with Gasteiger partial charge < -0.3 is 29.6 Å². The number of ether oxygens (including phenoxy) is 4. The van der Waals surface area contributed by atoms with Gasteiger partial charge in [0.2, 0.25) is 5.75 Å². The van der Waals surface area contributed by atoms with Crippen molar-refractivity contribution >= 4 is 5.91 Å². The number of hydrogen-bond acceptors (Lipinski definition) is 7. The summed E-state index contributed by atoms with van der Waals surface area (Å²) in [5, 5.41) is 6.25. The number of nitrogens with zero attached hydrogens (tertiary/aromatic N) is 1. The zero-order valence-corrected chi connectivity index (χ0v) is 20.3. The van der Waals surface area contributed by atoms with Gasteiger partial charge in [-0.1, -0.05) is 6.07 Å². The highest BCUT2D eigenvalue weighted by Gasteiger charge is 2.16. The zero-order valence-electron chi connectivity index (χ0n) is 20.3. The molecule has 0 atom stereocenters. The van der Waals surface area contributed by atoms with Crippen LogP contribution in [0.3, 0.4) is 0 Å². The normalized spacial score (nSPS) is 13.7. The second-order valence-corrected chi connectivity index (χ2v) is 8.22. The number of carbonyl (C=O) groups is 1. The van der Waals surface area contributed by atoms with Crippen LogP contribution in [0.15, 0.2) is 54.6 Å². The van der Waals surface area contributed by atoms with Crippen LogP contribution in [-0.4, -0.2) is 51.4 Å². The third kappa shape index (κ3) is 6.02. The predicted octanol–water partition coefficient (Wildman–Crippen LogP) is 3.84. The molecule has 1 saturated heterocycles. The van der Waals surface area contributed by atoms with Crippen LogP contribution in [0.1, 0.15) is 28.9 Å². The van der Waals surface area contributed by atoms with Gasteiger partial charge >= 0.3 is 0 Å². The summed E-state index contributed by atoms with van der Waals surface area (Å²) in [5.74, 6) is 2.14. The zero-order chi connectivity index (χ0) is 24.6. The lowest BCUT2D eigenvalue weighted by atomic mass is 10.1. The number of aromatic nitrogens is 1. The molecule has 8 heteroatoms. The van der Waals surface area contributed by atoms with E-state index in [0.717, 1.165) is 48.5 Å². The number of benzene rings is 2. The summed E-state index contributed by atoms with van der Waals surface area (Å²) in [6.45, 7) is 2.26. The van der Waals surface area contributed by atoms with Crippen molar-refractivity contribution in [2.75, 3.05) is 34.4 Å². The monoisotopic (exact) mass is 477 g/mol. The molecule has 2 heterocycles. The molecule has 0 spiro atoms. The van der Waals surface area contributed by atoms with Crippen molar-refractivity contribution in [3.05, 3.63) is 65.9 Å². The van der Waals surface area contributed by atoms with Crippen molar-refractivity contribution in [1.29, 1.82) is 0 Å². The molecule has 1 fully saturated rings. The number of rotatable bonds is 9. The van der Waals surface area contributed by atoms with Gasteiger partial charge in [0.15, 0.2) is 11.5 Å². The summed E-state index contributed by atoms with van der Waals surface area (Å²) < 4.78 is 22.2. The molecule has 184 valence electrons. The third-order valence-corrected chi connectivity index (χ3v) is 5.90. The predicted molar refractivity (Wildman–Crippen MR) is 133 cm³/mol. The molecule has 0 aliphatic carbocycles. The molecule has 1 aliphatic rings. The minimum Gasteiger partial charge on any atom is -0.493 e. The van der Waals surface area contributed by atoms with E-state index in [1.165, 1.54) is 0 Å². The van der Waals surface area contributed by atoms with E-state index in [4.69, 9.17) is 18.9 Å². The van der Waals surface area contributed by atoms with Crippen molar-refractivity contribution in [2.24, 2.45) is 0 Å². The van der Waals surface area contributed by atoms with E-state index in [-0.39, 0.29) is 18.6 Å². The number of nitrogens with one attached hydrogen (secondary N) is 2. The van der Waals surface area contributed by atoms with Crippen molar-refractivity contribution in [3.63, 3.8) is 0 Å². The van der Waals surface area contributed by atoms with E-state index in [1.807, 2.05) is 36.4 Å². The highest BCUT2D eigenvalue weighted by Crippen LogP contribution is 2.38. The van der Waals surface area contributed by atoms with Gasteiger partial charge in [-0.3, -0.25) is 4.79 Å². The van der Waals surface area contributed by atoms with Gasteiger partial charge in [0.05, 0.1) is 27.0 Å². The summed E-state index contributed by atoms with van der Waals surface area (Å²) in [7, 11) is 4.66. The Labute approximate surface area is 205 Å². The Morgan fingerprint density at radius 1 is 0.971 bits per heavy atom. The lowest BCUT2D eigenvalue weighted by Crippen LogP contribution is -2.34. The number of hydrogen-bond donors (Lipinski definition) is 2. The molecule has 1 aliphatic heterocycles. The van der Waals surface area contributed by atoms with Gasteiger partial charge in [-0.05, 0) is 80.0 Å². The summed E-state index contributed by atoms with van der Waals surface area (Å²) in [4.78, 5) is 17.4. The Hall–Kier alpha value is -3.78. The van der Waals surface area contributed by atoms with Crippen LogP contribution in [0.2, 0.25) is 0 Å². The summed E-state index contributed by atoms with van der Waals surface area (Å²) in [6, 6.07) is 16.9. The number of amides is 1. The summed E-state index contributed by atoms with van der Waals surface area (Å²) in [5.41, 5.74) is 2.79. The molecule has 0 unspecified atom stereocenters. The molecule has 0 radical (unpaired) electrons. The van der Waals surface area contributed by atoms with Crippen LogP contribution >= 0.6 is 0 Å². The molecular formula is C27H31N3O5. The van der Waals surface area contributed by atoms with E-state index in [0.29, 0.717) is 22.9 Å². The van der Waals surface area contributed by atoms with Crippen LogP contribution < -0.4 is 29.6 Å². The second kappa shape index (κ2) is 11.6. The van der Waals surface area contributed by atoms with Crippen molar-refractivity contribution in [3.8, 4) is 34.3 Å². The fourth-order valence-corrected chi connectivity index (χ4v) is 4.04. The minimum atomic E-state index is -0.272. The summed E-state index contributed by atoms with van der Waals surface area (Å²) in [6.07, 6.45) is 2.27. The van der Waals surface area contributed by atoms with Gasteiger partial charge in [0.25, 0.3) is 5.91 Å². The molecule has 35 heavy (non-hydrogen) atoms. The van der Waals surface area contributed by atoms with Crippen LogP contribution in [0.4, 0.5) is 0 Å². The number of pyridine rings is 1. The SMILES string of the molecule is COc1cc(CNC(=O)c2cccc(-c3ccc(OC4CCNCC4)cc3)n2)cc(OC)c1OC. The topological polar surface area (TPSA) is 90.9 Å². The molecule has 3 aromatic rings. The van der Waals surface area contributed by atoms with E-state index in [1.54, 1.807) is 39.5 Å². The van der Waals surface area contributed by atoms with Crippen molar-refractivity contribution in [1.82, 2.24) is 15.6 Å². The number of methoxy groups -OCH3 is 3. The Bertz CT molecular complexity index is 1120. The van der Waals surface area contributed by atoms with Gasteiger partial charge in [0, 0.05) is 12.1 Å². The maximum Gasteiger partial charge on any atom is 0.270 e. The Morgan fingerprint density at radius 2 is 1.66 bits per heavy atom. The smallest absolute Gasteiger partial charge is 0.270 e. The van der Waals surface area contributed by atoms with Crippen LogP contribution in [0.25, 0.3) is 11.3 Å². The molecule has 0 saturated carbocycles. The average molecular weight is 478 g/mol. The van der Waals surface area contributed by atoms with E-state index >= 15 is 0 Å². The quantitative estimate of drug-likeness (QED) is 0.484. The van der Waals surface area contributed by atoms with E-state index < -0.39 is 0 Å². The Kier molecular flexibility index (Phi) is 8.05. The van der Waals surface area contributed by atoms with Crippen LogP contribution in [-0.2, 0) is 6.54 Å². The highest BCUT2D eigenvalue weighted by atomic mass is 16.5. The molecule has 0 bridgehead atoms. The highest BCUT2D eigenvalue weighted by molar-refractivity contribution is 5.92. The maximum atomic E-state index is 12.8. The van der Waals surface area contributed by atoms with Crippen molar-refractivity contribution in [2.45, 2.75) is 25.5 Å². The molecule has 2 N–H and O–H groups in total. The first kappa shape index (κ1) is 24.3. The fraction of sp³-hybridized carbons (Fsp3) is 0.333. The number of carbonyl (C=O) groups excluding carboxylic acids is 1. The molecule has 2 aromatic carbocycles. The Morgan fingerprint density at radius 3 is 2.29 bits per heavy atom. The van der Waals surface area contributed by atoms with Gasteiger partial charge in [-0.25, -0.2) is 4.98 Å². The average Bonchev–Trinajstić information content (AvgIpc) is 2.92. The lowest BCUT2D eigenvalue weighted by molar-refractivity contribution is 0.0946. The first-order valence-electron chi connectivity index (χ1n) is 11.6. The maximum absolute atomic E-state index is 12.8.